The molecule has 1 heterocycles. The summed E-state index contributed by atoms with van der Waals surface area (Å²) < 4.78 is 7.52. The number of nitrogens with one attached hydrogen (secondary N) is 1. The highest BCUT2D eigenvalue weighted by atomic mass is 16.5. The number of fused-ring (bicyclic) bond motifs is 1. The van der Waals surface area contributed by atoms with Crippen LogP contribution in [0, 0.1) is 0 Å². The molecule has 0 bridgehead atoms. The Bertz CT molecular complexity index is 902. The molecule has 1 aromatic heterocycles. The molecule has 0 atom stereocenters. The molecule has 0 aliphatic heterocycles. The molecule has 5 nitrogen and oxygen atoms in total. The molecular formula is C22H23N3O2. The van der Waals surface area contributed by atoms with E-state index in [0.717, 1.165) is 30.7 Å². The number of ether oxygens (including phenoxy) is 1. The number of hydrogen-bond donors (Lipinski definition) is 1. The van der Waals surface area contributed by atoms with Crippen molar-refractivity contribution >= 4 is 5.91 Å². The van der Waals surface area contributed by atoms with Gasteiger partial charge in [-0.25, -0.2) is 0 Å². The Kier molecular flexibility index (Phi) is 5.19. The summed E-state index contributed by atoms with van der Waals surface area (Å²) >= 11 is 0. The molecule has 1 N–H and O–H groups in total. The second kappa shape index (κ2) is 8.08. The molecule has 0 saturated carbocycles. The Morgan fingerprint density at radius 1 is 1.07 bits per heavy atom. The topological polar surface area (TPSA) is 56.1 Å². The number of benzene rings is 2. The van der Waals surface area contributed by atoms with E-state index in [1.54, 1.807) is 6.20 Å². The minimum atomic E-state index is -0.115. The monoisotopic (exact) mass is 361 g/mol. The van der Waals surface area contributed by atoms with Gasteiger partial charge in [-0.05, 0) is 59.7 Å². The zero-order valence-corrected chi connectivity index (χ0v) is 15.2. The first-order valence-electron chi connectivity index (χ1n) is 9.33. The standard InChI is InChI=1S/C22H23N3O2/c26-22(16-27-21-10-9-19-3-1-4-20(19)13-21)23-14-17-5-7-18(8-6-17)15-25-12-2-11-24-25/h2,5-13H,1,3-4,14-16H2,(H,23,26). The van der Waals surface area contributed by atoms with E-state index in [1.807, 2.05) is 35.1 Å². The normalized spacial score (nSPS) is 12.6. The van der Waals surface area contributed by atoms with E-state index in [4.69, 9.17) is 4.74 Å². The van der Waals surface area contributed by atoms with Gasteiger partial charge >= 0.3 is 0 Å². The quantitative estimate of drug-likeness (QED) is 0.703. The van der Waals surface area contributed by atoms with Crippen LogP contribution in [0.15, 0.2) is 60.9 Å². The lowest BCUT2D eigenvalue weighted by Gasteiger charge is -2.09. The van der Waals surface area contributed by atoms with Crippen LogP contribution >= 0.6 is 0 Å². The van der Waals surface area contributed by atoms with Crippen LogP contribution in [0.5, 0.6) is 5.75 Å². The lowest BCUT2D eigenvalue weighted by atomic mass is 10.1. The van der Waals surface area contributed by atoms with Crippen LogP contribution in [-0.4, -0.2) is 22.3 Å². The van der Waals surface area contributed by atoms with Crippen LogP contribution in [-0.2, 0) is 30.7 Å². The maximum Gasteiger partial charge on any atom is 0.258 e. The van der Waals surface area contributed by atoms with Crippen molar-refractivity contribution in [1.82, 2.24) is 15.1 Å². The average Bonchev–Trinajstić information content (AvgIpc) is 3.37. The third-order valence-corrected chi connectivity index (χ3v) is 4.86. The number of amides is 1. The van der Waals surface area contributed by atoms with Gasteiger partial charge in [0.15, 0.2) is 6.61 Å². The summed E-state index contributed by atoms with van der Waals surface area (Å²) in [7, 11) is 0. The highest BCUT2D eigenvalue weighted by molar-refractivity contribution is 5.77. The predicted octanol–water partition coefficient (Wildman–Crippen LogP) is 3.12. The molecule has 5 heteroatoms. The summed E-state index contributed by atoms with van der Waals surface area (Å²) in [6.45, 7) is 1.28. The first-order chi connectivity index (χ1) is 13.3. The van der Waals surface area contributed by atoms with Gasteiger partial charge in [0.1, 0.15) is 5.75 Å². The number of carbonyl (C=O) groups excluding carboxylic acids is 1. The third kappa shape index (κ3) is 4.56. The molecule has 0 unspecified atom stereocenters. The van der Waals surface area contributed by atoms with E-state index in [9.17, 15) is 4.79 Å². The molecule has 1 aliphatic rings. The second-order valence-electron chi connectivity index (χ2n) is 6.87. The molecule has 2 aromatic carbocycles. The Balaban J connectivity index is 1.23. The fourth-order valence-electron chi connectivity index (χ4n) is 3.38. The molecular weight excluding hydrogens is 338 g/mol. The fraction of sp³-hybridized carbons (Fsp3) is 0.273. The number of carbonyl (C=O) groups is 1. The van der Waals surface area contributed by atoms with Crippen molar-refractivity contribution in [1.29, 1.82) is 0 Å². The van der Waals surface area contributed by atoms with E-state index < -0.39 is 0 Å². The van der Waals surface area contributed by atoms with Gasteiger partial charge in [0, 0.05) is 18.9 Å². The number of hydrogen-bond acceptors (Lipinski definition) is 3. The highest BCUT2D eigenvalue weighted by Gasteiger charge is 2.11. The van der Waals surface area contributed by atoms with Crippen LogP contribution in [0.4, 0.5) is 0 Å². The molecule has 1 aliphatic carbocycles. The van der Waals surface area contributed by atoms with E-state index in [1.165, 1.54) is 23.1 Å². The van der Waals surface area contributed by atoms with Crippen molar-refractivity contribution in [2.75, 3.05) is 6.61 Å². The number of rotatable bonds is 7. The van der Waals surface area contributed by atoms with Crippen molar-refractivity contribution in [2.24, 2.45) is 0 Å². The Morgan fingerprint density at radius 3 is 2.70 bits per heavy atom. The van der Waals surface area contributed by atoms with Crippen molar-refractivity contribution in [3.63, 3.8) is 0 Å². The lowest BCUT2D eigenvalue weighted by molar-refractivity contribution is -0.123. The van der Waals surface area contributed by atoms with Crippen molar-refractivity contribution in [3.05, 3.63) is 83.2 Å². The highest BCUT2D eigenvalue weighted by Crippen LogP contribution is 2.25. The lowest BCUT2D eigenvalue weighted by Crippen LogP contribution is -2.28. The maximum absolute atomic E-state index is 12.1. The summed E-state index contributed by atoms with van der Waals surface area (Å²) in [6.07, 6.45) is 7.18. The zero-order chi connectivity index (χ0) is 18.5. The van der Waals surface area contributed by atoms with Crippen molar-refractivity contribution in [2.45, 2.75) is 32.4 Å². The van der Waals surface area contributed by atoms with Gasteiger partial charge in [0.2, 0.25) is 0 Å². The molecule has 1 amide bonds. The van der Waals surface area contributed by atoms with Gasteiger partial charge < -0.3 is 10.1 Å². The van der Waals surface area contributed by atoms with Crippen LogP contribution in [0.2, 0.25) is 0 Å². The van der Waals surface area contributed by atoms with Crippen LogP contribution in [0.25, 0.3) is 0 Å². The number of nitrogens with zero attached hydrogens (tertiary/aromatic N) is 2. The summed E-state index contributed by atoms with van der Waals surface area (Å²) in [5.41, 5.74) is 4.99. The van der Waals surface area contributed by atoms with Gasteiger partial charge in [-0.3, -0.25) is 9.48 Å². The second-order valence-corrected chi connectivity index (χ2v) is 6.87. The van der Waals surface area contributed by atoms with Crippen LogP contribution in [0.1, 0.15) is 28.7 Å². The van der Waals surface area contributed by atoms with E-state index in [-0.39, 0.29) is 12.5 Å². The molecule has 0 saturated heterocycles. The minimum Gasteiger partial charge on any atom is -0.484 e. The number of aryl methyl sites for hydroxylation is 2. The number of aromatic nitrogens is 2. The summed E-state index contributed by atoms with van der Waals surface area (Å²) in [5.74, 6) is 0.657. The van der Waals surface area contributed by atoms with Crippen molar-refractivity contribution < 1.29 is 9.53 Å². The largest absolute Gasteiger partial charge is 0.484 e. The van der Waals surface area contributed by atoms with Gasteiger partial charge in [-0.2, -0.15) is 5.10 Å². The SMILES string of the molecule is O=C(COc1ccc2c(c1)CCC2)NCc1ccc(Cn2cccn2)cc1. The molecule has 0 spiro atoms. The Hall–Kier alpha value is -3.08. The first kappa shape index (κ1) is 17.3. The van der Waals surface area contributed by atoms with Gasteiger partial charge in [0.05, 0.1) is 6.54 Å². The van der Waals surface area contributed by atoms with E-state index in [0.29, 0.717) is 6.54 Å². The van der Waals surface area contributed by atoms with E-state index >= 15 is 0 Å². The first-order valence-corrected chi connectivity index (χ1v) is 9.33. The van der Waals surface area contributed by atoms with Crippen LogP contribution in [0.3, 0.4) is 0 Å². The maximum atomic E-state index is 12.1. The summed E-state index contributed by atoms with van der Waals surface area (Å²) in [6, 6.07) is 16.2. The minimum absolute atomic E-state index is 0.0379. The van der Waals surface area contributed by atoms with E-state index in [2.05, 4.69) is 34.7 Å². The summed E-state index contributed by atoms with van der Waals surface area (Å²) in [5, 5.41) is 7.11. The van der Waals surface area contributed by atoms with Gasteiger partial charge in [0.25, 0.3) is 5.91 Å². The molecule has 3 aromatic rings. The molecule has 0 radical (unpaired) electrons. The molecule has 4 rings (SSSR count). The fourth-order valence-corrected chi connectivity index (χ4v) is 3.38. The smallest absolute Gasteiger partial charge is 0.258 e. The van der Waals surface area contributed by atoms with Crippen LogP contribution < -0.4 is 10.1 Å². The molecule has 27 heavy (non-hydrogen) atoms. The Labute approximate surface area is 159 Å². The predicted molar refractivity (Wildman–Crippen MR) is 104 cm³/mol. The average molecular weight is 361 g/mol. The zero-order valence-electron chi connectivity index (χ0n) is 15.2. The molecule has 0 fully saturated rings. The van der Waals surface area contributed by atoms with Gasteiger partial charge in [-0.1, -0.05) is 30.3 Å². The Morgan fingerprint density at radius 2 is 1.89 bits per heavy atom. The van der Waals surface area contributed by atoms with Gasteiger partial charge in [-0.15, -0.1) is 0 Å². The molecule has 138 valence electrons. The summed E-state index contributed by atoms with van der Waals surface area (Å²) in [4.78, 5) is 12.1. The van der Waals surface area contributed by atoms with Crippen molar-refractivity contribution in [3.8, 4) is 5.75 Å². The third-order valence-electron chi connectivity index (χ3n) is 4.86.